The molecule has 0 radical (unpaired) electrons. The van der Waals surface area contributed by atoms with Gasteiger partial charge in [-0.3, -0.25) is 4.79 Å². The summed E-state index contributed by atoms with van der Waals surface area (Å²) < 4.78 is 0. The summed E-state index contributed by atoms with van der Waals surface area (Å²) in [6.07, 6.45) is 9.80. The number of rotatable bonds is 2. The maximum atomic E-state index is 11.2. The molecule has 60 valence electrons. The summed E-state index contributed by atoms with van der Waals surface area (Å²) in [5.41, 5.74) is 1.01. The fourth-order valence-corrected chi connectivity index (χ4v) is 1.26. The van der Waals surface area contributed by atoms with E-state index in [4.69, 9.17) is 0 Å². The van der Waals surface area contributed by atoms with Crippen LogP contribution in [0.25, 0.3) is 0 Å². The van der Waals surface area contributed by atoms with Crippen molar-refractivity contribution in [1.82, 2.24) is 0 Å². The second-order valence-corrected chi connectivity index (χ2v) is 2.82. The molecule has 0 saturated heterocycles. The lowest BCUT2D eigenvalue weighted by Gasteiger charge is -2.08. The molecule has 0 unspecified atom stereocenters. The standard InChI is InChI=1S/C10H14O/c1-2-3-6-9-7-4-5-8-10(9)11/h2-3,7H,4-6,8H2,1H3/b3-2+. The molecule has 1 nitrogen and oxygen atoms in total. The number of hydrogen-bond donors (Lipinski definition) is 0. The Morgan fingerprint density at radius 3 is 3.09 bits per heavy atom. The molecule has 0 aromatic heterocycles. The van der Waals surface area contributed by atoms with Crippen molar-refractivity contribution >= 4 is 5.78 Å². The van der Waals surface area contributed by atoms with E-state index in [-0.39, 0.29) is 0 Å². The van der Waals surface area contributed by atoms with Crippen LogP contribution >= 0.6 is 0 Å². The number of hydrogen-bond acceptors (Lipinski definition) is 1. The normalized spacial score (nSPS) is 19.0. The molecule has 0 aromatic carbocycles. The highest BCUT2D eigenvalue weighted by molar-refractivity contribution is 5.96. The van der Waals surface area contributed by atoms with E-state index < -0.39 is 0 Å². The molecule has 0 N–H and O–H groups in total. The quantitative estimate of drug-likeness (QED) is 0.553. The van der Waals surface area contributed by atoms with E-state index in [9.17, 15) is 4.79 Å². The minimum absolute atomic E-state index is 0.342. The largest absolute Gasteiger partial charge is 0.295 e. The van der Waals surface area contributed by atoms with Crippen molar-refractivity contribution < 1.29 is 4.79 Å². The van der Waals surface area contributed by atoms with E-state index in [1.807, 2.05) is 19.1 Å². The highest BCUT2D eigenvalue weighted by Crippen LogP contribution is 2.16. The highest BCUT2D eigenvalue weighted by Gasteiger charge is 2.10. The Morgan fingerprint density at radius 2 is 2.45 bits per heavy atom. The van der Waals surface area contributed by atoms with Crippen molar-refractivity contribution in [2.75, 3.05) is 0 Å². The van der Waals surface area contributed by atoms with Crippen LogP contribution in [0.15, 0.2) is 23.8 Å². The Morgan fingerprint density at radius 1 is 1.64 bits per heavy atom. The number of Topliss-reactive ketones (excluding diaryl/α,β-unsaturated/α-hetero) is 1. The van der Waals surface area contributed by atoms with Gasteiger partial charge >= 0.3 is 0 Å². The van der Waals surface area contributed by atoms with Gasteiger partial charge in [-0.25, -0.2) is 0 Å². The van der Waals surface area contributed by atoms with Crippen LogP contribution in [-0.2, 0) is 4.79 Å². The van der Waals surface area contributed by atoms with Gasteiger partial charge in [0.1, 0.15) is 0 Å². The van der Waals surface area contributed by atoms with Gasteiger partial charge in [-0.05, 0) is 31.8 Å². The second-order valence-electron chi connectivity index (χ2n) is 2.82. The smallest absolute Gasteiger partial charge is 0.158 e. The average Bonchev–Trinajstić information content (AvgIpc) is 2.03. The van der Waals surface area contributed by atoms with E-state index in [2.05, 4.69) is 6.08 Å². The van der Waals surface area contributed by atoms with Gasteiger partial charge in [-0.2, -0.15) is 0 Å². The van der Waals surface area contributed by atoms with E-state index in [1.165, 1.54) is 0 Å². The van der Waals surface area contributed by atoms with Crippen LogP contribution < -0.4 is 0 Å². The van der Waals surface area contributed by atoms with E-state index in [1.54, 1.807) is 0 Å². The maximum absolute atomic E-state index is 11.2. The SMILES string of the molecule is C/C=C/CC1=CCCCC1=O. The molecule has 11 heavy (non-hydrogen) atoms. The van der Waals surface area contributed by atoms with Crippen molar-refractivity contribution in [3.8, 4) is 0 Å². The van der Waals surface area contributed by atoms with Crippen LogP contribution in [0.5, 0.6) is 0 Å². The van der Waals surface area contributed by atoms with Crippen LogP contribution in [0.2, 0.25) is 0 Å². The predicted molar refractivity (Wildman–Crippen MR) is 46.4 cm³/mol. The Balaban J connectivity index is 2.54. The zero-order valence-corrected chi connectivity index (χ0v) is 6.97. The predicted octanol–water partition coefficient (Wildman–Crippen LogP) is 2.63. The average molecular weight is 150 g/mol. The lowest BCUT2D eigenvalue weighted by Crippen LogP contribution is -2.05. The van der Waals surface area contributed by atoms with Gasteiger partial charge in [0.25, 0.3) is 0 Å². The molecule has 0 atom stereocenters. The van der Waals surface area contributed by atoms with Crippen molar-refractivity contribution in [2.45, 2.75) is 32.6 Å². The Bertz CT molecular complexity index is 199. The molecule has 0 heterocycles. The lowest BCUT2D eigenvalue weighted by molar-refractivity contribution is -0.116. The number of ketones is 1. The van der Waals surface area contributed by atoms with Crippen LogP contribution in [0.3, 0.4) is 0 Å². The fraction of sp³-hybridized carbons (Fsp3) is 0.500. The highest BCUT2D eigenvalue weighted by atomic mass is 16.1. The molecule has 0 bridgehead atoms. The number of carbonyl (C=O) groups excluding carboxylic acids is 1. The van der Waals surface area contributed by atoms with Gasteiger partial charge in [-0.1, -0.05) is 18.2 Å². The van der Waals surface area contributed by atoms with Gasteiger partial charge < -0.3 is 0 Å². The third-order valence-electron chi connectivity index (χ3n) is 1.93. The summed E-state index contributed by atoms with van der Waals surface area (Å²) in [6, 6.07) is 0. The molecule has 1 aliphatic carbocycles. The molecule has 0 saturated carbocycles. The van der Waals surface area contributed by atoms with Gasteiger partial charge in [0.05, 0.1) is 0 Å². The molecule has 1 aliphatic rings. The summed E-state index contributed by atoms with van der Waals surface area (Å²) >= 11 is 0. The molecule has 0 amide bonds. The number of allylic oxidation sites excluding steroid dienone is 4. The third-order valence-corrected chi connectivity index (χ3v) is 1.93. The first-order valence-corrected chi connectivity index (χ1v) is 4.18. The maximum Gasteiger partial charge on any atom is 0.158 e. The summed E-state index contributed by atoms with van der Waals surface area (Å²) in [5, 5.41) is 0. The minimum Gasteiger partial charge on any atom is -0.295 e. The zero-order valence-electron chi connectivity index (χ0n) is 6.97. The topological polar surface area (TPSA) is 17.1 Å². The van der Waals surface area contributed by atoms with Crippen molar-refractivity contribution in [3.05, 3.63) is 23.8 Å². The zero-order chi connectivity index (χ0) is 8.10. The van der Waals surface area contributed by atoms with Crippen molar-refractivity contribution in [2.24, 2.45) is 0 Å². The molecular weight excluding hydrogens is 136 g/mol. The van der Waals surface area contributed by atoms with Crippen LogP contribution in [0, 0.1) is 0 Å². The first-order valence-electron chi connectivity index (χ1n) is 4.18. The lowest BCUT2D eigenvalue weighted by atomic mass is 9.96. The molecule has 1 rings (SSSR count). The van der Waals surface area contributed by atoms with E-state index >= 15 is 0 Å². The Kier molecular flexibility index (Phi) is 3.09. The third kappa shape index (κ3) is 2.34. The van der Waals surface area contributed by atoms with Gasteiger partial charge in [0, 0.05) is 6.42 Å². The van der Waals surface area contributed by atoms with Gasteiger partial charge in [-0.15, -0.1) is 0 Å². The molecule has 0 aliphatic heterocycles. The number of carbonyl (C=O) groups is 1. The molecule has 0 aromatic rings. The second kappa shape index (κ2) is 4.12. The fourth-order valence-electron chi connectivity index (χ4n) is 1.26. The molecular formula is C10H14O. The van der Waals surface area contributed by atoms with Crippen LogP contribution in [-0.4, -0.2) is 5.78 Å². The summed E-state index contributed by atoms with van der Waals surface area (Å²) in [4.78, 5) is 11.2. The van der Waals surface area contributed by atoms with Crippen molar-refractivity contribution in [3.63, 3.8) is 0 Å². The van der Waals surface area contributed by atoms with E-state index in [0.29, 0.717) is 5.78 Å². The first-order chi connectivity index (χ1) is 5.34. The minimum atomic E-state index is 0.342. The van der Waals surface area contributed by atoms with E-state index in [0.717, 1.165) is 31.3 Å². The van der Waals surface area contributed by atoms with Gasteiger partial charge in [0.15, 0.2) is 5.78 Å². The summed E-state index contributed by atoms with van der Waals surface area (Å²) in [6.45, 7) is 1.98. The summed E-state index contributed by atoms with van der Waals surface area (Å²) in [7, 11) is 0. The Hall–Kier alpha value is -0.850. The molecule has 1 heteroatoms. The van der Waals surface area contributed by atoms with Crippen LogP contribution in [0.1, 0.15) is 32.6 Å². The van der Waals surface area contributed by atoms with Crippen LogP contribution in [0.4, 0.5) is 0 Å². The Labute approximate surface area is 67.8 Å². The summed E-state index contributed by atoms with van der Waals surface area (Å²) in [5.74, 6) is 0.342. The monoisotopic (exact) mass is 150 g/mol. The first kappa shape index (κ1) is 8.25. The molecule has 0 spiro atoms. The van der Waals surface area contributed by atoms with Crippen molar-refractivity contribution in [1.29, 1.82) is 0 Å². The molecule has 0 fully saturated rings. The van der Waals surface area contributed by atoms with Gasteiger partial charge in [0.2, 0.25) is 0 Å².